The molecule has 0 aliphatic carbocycles. The molecule has 0 saturated carbocycles. The highest BCUT2D eigenvalue weighted by Crippen LogP contribution is 2.55. The van der Waals surface area contributed by atoms with Crippen molar-refractivity contribution in [2.45, 2.75) is 85.0 Å². The molecular weight excluding hydrogens is 382 g/mol. The van der Waals surface area contributed by atoms with Crippen LogP contribution in [0.1, 0.15) is 79.6 Å². The number of hydrogen-bond acceptors (Lipinski definition) is 3. The smallest absolute Gasteiger partial charge is 0.321 e. The lowest BCUT2D eigenvalue weighted by molar-refractivity contribution is 0.332. The van der Waals surface area contributed by atoms with Crippen molar-refractivity contribution in [2.24, 2.45) is 0 Å². The monoisotopic (exact) mass is 419 g/mol. The summed E-state index contributed by atoms with van der Waals surface area (Å²) in [5.41, 5.74) is 4.03. The van der Waals surface area contributed by atoms with Crippen molar-refractivity contribution in [3.8, 4) is 0 Å². The molecule has 0 aliphatic heterocycles. The van der Waals surface area contributed by atoms with E-state index in [0.29, 0.717) is 6.42 Å². The van der Waals surface area contributed by atoms with E-state index in [0.717, 1.165) is 32.1 Å². The zero-order chi connectivity index (χ0) is 20.9. The average molecular weight is 419 g/mol. The lowest BCUT2D eigenvalue weighted by Gasteiger charge is -2.07. The molecule has 0 amide bonds. The molecule has 0 rings (SSSR count). The van der Waals surface area contributed by atoms with E-state index in [1.807, 2.05) is 0 Å². The van der Waals surface area contributed by atoms with Crippen LogP contribution in [0.5, 0.6) is 0 Å². The quantitative estimate of drug-likeness (QED) is 0.183. The Morgan fingerprint density at radius 3 is 2.00 bits per heavy atom. The van der Waals surface area contributed by atoms with Gasteiger partial charge in [0.2, 0.25) is 0 Å². The highest BCUT2D eigenvalue weighted by molar-refractivity contribution is 7.65. The Bertz CT molecular complexity index is 583. The molecule has 0 radical (unpaired) electrons. The van der Waals surface area contributed by atoms with Gasteiger partial charge in [-0.25, -0.2) is 0 Å². The minimum absolute atomic E-state index is 0.186. The molecule has 27 heavy (non-hydrogen) atoms. The van der Waals surface area contributed by atoms with E-state index in [1.165, 1.54) is 16.7 Å². The minimum atomic E-state index is -4.41. The van der Waals surface area contributed by atoms with Crippen LogP contribution >= 0.6 is 15.6 Å². The molecule has 0 aromatic heterocycles. The van der Waals surface area contributed by atoms with Crippen molar-refractivity contribution < 1.29 is 23.4 Å². The van der Waals surface area contributed by atoms with Gasteiger partial charge in [0, 0.05) is 6.42 Å². The van der Waals surface area contributed by atoms with Gasteiger partial charge in [0.1, 0.15) is 0 Å². The maximum absolute atomic E-state index is 11.8. The second-order valence-corrected chi connectivity index (χ2v) is 10.8. The van der Waals surface area contributed by atoms with Crippen molar-refractivity contribution in [2.75, 3.05) is 6.61 Å². The highest BCUT2D eigenvalue weighted by Gasteiger charge is 2.46. The van der Waals surface area contributed by atoms with Crippen molar-refractivity contribution >= 4 is 15.6 Å². The van der Waals surface area contributed by atoms with E-state index < -0.39 is 21.0 Å². The largest absolute Gasteiger partial charge is 0.524 e. The van der Waals surface area contributed by atoms with Crippen LogP contribution in [-0.2, 0) is 13.7 Å². The summed E-state index contributed by atoms with van der Waals surface area (Å²) in [5.74, 6) is 0. The minimum Gasteiger partial charge on any atom is -0.321 e. The molecule has 0 fully saturated rings. The topological polar surface area (TPSA) is 83.8 Å². The molecule has 0 bridgehead atoms. The van der Waals surface area contributed by atoms with Gasteiger partial charge in [-0.1, -0.05) is 34.9 Å². The fourth-order valence-electron chi connectivity index (χ4n) is 2.60. The van der Waals surface area contributed by atoms with E-state index in [1.54, 1.807) is 6.92 Å². The second-order valence-electron chi connectivity index (χ2n) is 7.16. The third kappa shape index (κ3) is 14.1. The van der Waals surface area contributed by atoms with Crippen molar-refractivity contribution in [1.82, 2.24) is 0 Å². The zero-order valence-electron chi connectivity index (χ0n) is 17.5. The van der Waals surface area contributed by atoms with Crippen LogP contribution in [-0.4, -0.2) is 21.8 Å². The van der Waals surface area contributed by atoms with E-state index in [4.69, 9.17) is 4.52 Å². The molecule has 7 heteroatoms. The lowest BCUT2D eigenvalue weighted by Crippen LogP contribution is -2.05. The van der Waals surface area contributed by atoms with Crippen LogP contribution in [0.4, 0.5) is 0 Å². The predicted octanol–water partition coefficient (Wildman–Crippen LogP) is 6.86. The summed E-state index contributed by atoms with van der Waals surface area (Å²) >= 11 is 0. The Morgan fingerprint density at radius 2 is 1.52 bits per heavy atom. The van der Waals surface area contributed by atoms with Crippen molar-refractivity contribution in [1.29, 1.82) is 0 Å². The van der Waals surface area contributed by atoms with E-state index in [-0.39, 0.29) is 13.0 Å². The lowest BCUT2D eigenvalue weighted by atomic mass is 10.1. The van der Waals surface area contributed by atoms with Crippen LogP contribution < -0.4 is 0 Å². The van der Waals surface area contributed by atoms with Gasteiger partial charge in [-0.05, 0) is 77.7 Å². The van der Waals surface area contributed by atoms with Crippen LogP contribution in [0.3, 0.4) is 0 Å². The Morgan fingerprint density at radius 1 is 1.00 bits per heavy atom. The molecule has 5 nitrogen and oxygen atoms in total. The van der Waals surface area contributed by atoms with E-state index >= 15 is 0 Å². The van der Waals surface area contributed by atoms with Gasteiger partial charge in [0.25, 0.3) is 5.40 Å². The van der Waals surface area contributed by atoms with Gasteiger partial charge in [-0.15, -0.1) is 4.52 Å². The summed E-state index contributed by atoms with van der Waals surface area (Å²) < 4.78 is 28.3. The molecule has 2 N–H and O–H groups in total. The Balaban J connectivity index is 4.29. The average Bonchev–Trinajstić information content (AvgIpc) is 2.53. The van der Waals surface area contributed by atoms with Gasteiger partial charge < -0.3 is 9.79 Å². The first-order chi connectivity index (χ1) is 12.6. The van der Waals surface area contributed by atoms with Gasteiger partial charge >= 0.3 is 15.6 Å². The highest BCUT2D eigenvalue weighted by atomic mass is 31.2. The van der Waals surface area contributed by atoms with Crippen LogP contribution in [0.25, 0.3) is 0 Å². The normalized spacial score (nSPS) is 14.9. The third-order valence-electron chi connectivity index (χ3n) is 4.17. The summed E-state index contributed by atoms with van der Waals surface area (Å²) in [4.78, 5) is 18.7. The molecule has 0 aliphatic rings. The first-order valence-corrected chi connectivity index (χ1v) is 12.6. The standard InChI is InChI=1S/C20H36O5P2/c1-6-25-26(21)20(27(22,23)24)16-8-7-12-18(4)14-10-15-19(5)13-9-11-17(2)3/h11-12,15,20H,6-10,13-14,16H2,1-5H3,(H-,22,23,24)/p+1. The Hall–Kier alpha value is -0.570. The Labute approximate surface area is 166 Å². The first-order valence-electron chi connectivity index (χ1n) is 9.67. The van der Waals surface area contributed by atoms with Crippen molar-refractivity contribution in [3.63, 3.8) is 0 Å². The predicted molar refractivity (Wildman–Crippen MR) is 114 cm³/mol. The van der Waals surface area contributed by atoms with Gasteiger partial charge in [0.05, 0.1) is 6.61 Å². The third-order valence-corrected chi connectivity index (χ3v) is 7.93. The van der Waals surface area contributed by atoms with E-state index in [9.17, 15) is 18.9 Å². The molecule has 0 aromatic rings. The number of unbranched alkanes of at least 4 members (excludes halogenated alkanes) is 1. The summed E-state index contributed by atoms with van der Waals surface area (Å²) in [7, 11) is -6.75. The fraction of sp³-hybridized carbons (Fsp3) is 0.700. The first kappa shape index (κ1) is 26.4. The number of rotatable bonds is 14. The SMILES string of the molecule is CCO[P+](=O)C(CCCC=C(C)CCC=C(C)CCC=C(C)C)P(=O)(O)O. The summed E-state index contributed by atoms with van der Waals surface area (Å²) in [6.45, 7) is 10.3. The fourth-order valence-corrected chi connectivity index (χ4v) is 5.12. The summed E-state index contributed by atoms with van der Waals surface area (Å²) in [5, 5.41) is -1.20. The van der Waals surface area contributed by atoms with Gasteiger partial charge in [-0.2, -0.15) is 0 Å². The molecule has 0 aromatic carbocycles. The molecule has 156 valence electrons. The molecule has 0 spiro atoms. The van der Waals surface area contributed by atoms with Gasteiger partial charge in [0.15, 0.2) is 0 Å². The molecular formula is C20H37O5P2+. The number of allylic oxidation sites excluding steroid dienone is 6. The molecule has 0 saturated heterocycles. The van der Waals surface area contributed by atoms with Crippen LogP contribution in [0, 0.1) is 0 Å². The number of hydrogen-bond donors (Lipinski definition) is 2. The zero-order valence-corrected chi connectivity index (χ0v) is 19.3. The Kier molecular flexibility index (Phi) is 14.1. The summed E-state index contributed by atoms with van der Waals surface area (Å²) in [6, 6.07) is 0. The molecule has 0 heterocycles. The van der Waals surface area contributed by atoms with E-state index in [2.05, 4.69) is 45.9 Å². The van der Waals surface area contributed by atoms with Crippen molar-refractivity contribution in [3.05, 3.63) is 34.9 Å². The maximum Gasteiger partial charge on any atom is 0.524 e. The molecule has 2 atom stereocenters. The second kappa shape index (κ2) is 14.4. The molecule has 2 unspecified atom stereocenters. The maximum atomic E-state index is 11.8. The van der Waals surface area contributed by atoms with Gasteiger partial charge in [-0.3, -0.25) is 4.57 Å². The van der Waals surface area contributed by atoms with Crippen LogP contribution in [0.2, 0.25) is 0 Å². The summed E-state index contributed by atoms with van der Waals surface area (Å²) in [6.07, 6.45) is 12.3. The van der Waals surface area contributed by atoms with Crippen LogP contribution in [0.15, 0.2) is 34.9 Å².